The van der Waals surface area contributed by atoms with Gasteiger partial charge >= 0.3 is 0 Å². The molecule has 3 aromatic rings. The van der Waals surface area contributed by atoms with Crippen LogP contribution in [-0.4, -0.2) is 121 Å². The minimum absolute atomic E-state index is 0.0287. The maximum absolute atomic E-state index is 12.9. The van der Waals surface area contributed by atoms with Crippen molar-refractivity contribution in [2.24, 2.45) is 0 Å². The highest BCUT2D eigenvalue weighted by molar-refractivity contribution is 5.83. The third kappa shape index (κ3) is 5.63. The van der Waals surface area contributed by atoms with Crippen molar-refractivity contribution in [3.05, 3.63) is 40.6 Å². The largest absolute Gasteiger partial charge is 0.504 e. The van der Waals surface area contributed by atoms with Crippen molar-refractivity contribution < 1.29 is 74.1 Å². The van der Waals surface area contributed by atoms with Crippen LogP contribution in [0.3, 0.4) is 0 Å². The zero-order chi connectivity index (χ0) is 32.0. The third-order valence-electron chi connectivity index (χ3n) is 7.58. The Morgan fingerprint density at radius 1 is 0.818 bits per heavy atom. The normalized spacial score (nSPS) is 32.5. The van der Waals surface area contributed by atoms with E-state index in [0.29, 0.717) is 0 Å². The summed E-state index contributed by atoms with van der Waals surface area (Å²) in [6, 6.07) is 5.82. The second-order valence-corrected chi connectivity index (χ2v) is 10.4. The summed E-state index contributed by atoms with van der Waals surface area (Å²) in [6.45, 7) is 0.631. The molecule has 0 spiro atoms. The van der Waals surface area contributed by atoms with E-state index in [1.165, 1.54) is 26.2 Å². The first-order chi connectivity index (χ1) is 20.9. The Hall–Kier alpha value is -3.71. The van der Waals surface area contributed by atoms with Crippen molar-refractivity contribution in [3.63, 3.8) is 0 Å². The Kier molecular flexibility index (Phi) is 8.90. The number of ether oxygens (including phenoxy) is 5. The van der Waals surface area contributed by atoms with Crippen LogP contribution in [-0.2, 0) is 14.2 Å². The molecular weight excluding hydrogens is 592 g/mol. The lowest BCUT2D eigenvalue weighted by Crippen LogP contribution is -2.64. The molecule has 16 heteroatoms. The molecular formula is C28H32O16. The molecule has 2 saturated heterocycles. The van der Waals surface area contributed by atoms with E-state index >= 15 is 0 Å². The van der Waals surface area contributed by atoms with E-state index < -0.39 is 90.7 Å². The molecule has 0 amide bonds. The molecule has 0 bridgehead atoms. The number of hydrogen-bond acceptors (Lipinski definition) is 16. The lowest BCUT2D eigenvalue weighted by Gasteiger charge is -2.45. The summed E-state index contributed by atoms with van der Waals surface area (Å²) >= 11 is 0. The smallest absolute Gasteiger partial charge is 0.229 e. The van der Waals surface area contributed by atoms with Crippen LogP contribution in [0.25, 0.3) is 22.3 Å². The number of fused-ring (bicyclic) bond motifs is 1. The number of hydrogen-bond donors (Lipinski definition) is 9. The predicted molar refractivity (Wildman–Crippen MR) is 145 cm³/mol. The van der Waals surface area contributed by atoms with Gasteiger partial charge in [-0.2, -0.15) is 0 Å². The third-order valence-corrected chi connectivity index (χ3v) is 7.58. The number of benzene rings is 2. The van der Waals surface area contributed by atoms with Crippen LogP contribution in [0.4, 0.5) is 0 Å². The molecule has 0 radical (unpaired) electrons. The first-order valence-corrected chi connectivity index (χ1v) is 13.4. The van der Waals surface area contributed by atoms with Crippen molar-refractivity contribution in [3.8, 4) is 40.1 Å². The molecule has 2 aliphatic heterocycles. The first kappa shape index (κ1) is 31.7. The molecule has 2 aliphatic rings. The van der Waals surface area contributed by atoms with Gasteiger partial charge in [-0.1, -0.05) is 0 Å². The average Bonchev–Trinajstić information content (AvgIpc) is 3.00. The van der Waals surface area contributed by atoms with E-state index in [4.69, 9.17) is 28.1 Å². The van der Waals surface area contributed by atoms with Gasteiger partial charge in [0.15, 0.2) is 40.8 Å². The van der Waals surface area contributed by atoms with Gasteiger partial charge < -0.3 is 74.1 Å². The van der Waals surface area contributed by atoms with Crippen molar-refractivity contribution in [1.82, 2.24) is 0 Å². The zero-order valence-corrected chi connectivity index (χ0v) is 23.3. The molecule has 10 atom stereocenters. The molecule has 3 heterocycles. The summed E-state index contributed by atoms with van der Waals surface area (Å²) in [5.74, 6) is -2.38. The number of aromatic hydroxyl groups is 3. The van der Waals surface area contributed by atoms with Gasteiger partial charge in [-0.3, -0.25) is 4.79 Å². The SMILES string of the molecule is COc1ccc(-c2cc(=O)c3cc(O)c(OC4OC(CO)C(O)C(O)C4OC4OC(C)C(O)C(O)C4O)cc3o2)c(O)c1O. The molecule has 16 nitrogen and oxygen atoms in total. The topological polar surface area (TPSA) is 258 Å². The van der Waals surface area contributed by atoms with Crippen LogP contribution >= 0.6 is 0 Å². The summed E-state index contributed by atoms with van der Waals surface area (Å²) in [4.78, 5) is 12.9. The van der Waals surface area contributed by atoms with E-state index in [1.807, 2.05) is 0 Å². The summed E-state index contributed by atoms with van der Waals surface area (Å²) < 4.78 is 33.2. The van der Waals surface area contributed by atoms with Crippen molar-refractivity contribution in [1.29, 1.82) is 0 Å². The quantitative estimate of drug-likeness (QED) is 0.137. The first-order valence-electron chi connectivity index (χ1n) is 13.4. The standard InChI is InChI=1S/C28H32O16/c1-9-19(32)23(36)25(38)27(40-9)44-26-24(37)22(35)18(8-29)43-28(26)42-17-7-16-11(5-13(17)31)12(30)6-15(41-16)10-3-4-14(39-2)21(34)20(10)33/h3-7,9,18-19,22-29,31-38H,8H2,1-2H3. The molecule has 1 aromatic heterocycles. The van der Waals surface area contributed by atoms with Crippen molar-refractivity contribution in [2.75, 3.05) is 13.7 Å². The second kappa shape index (κ2) is 12.4. The van der Waals surface area contributed by atoms with Crippen LogP contribution in [0.5, 0.6) is 28.7 Å². The lowest BCUT2D eigenvalue weighted by molar-refractivity contribution is -0.354. The molecule has 0 aliphatic carbocycles. The Labute approximate surface area is 248 Å². The molecule has 0 saturated carbocycles. The fourth-order valence-electron chi connectivity index (χ4n) is 5.03. The molecule has 44 heavy (non-hydrogen) atoms. The number of aliphatic hydroxyl groups is 6. The van der Waals surface area contributed by atoms with Gasteiger partial charge in [-0.25, -0.2) is 0 Å². The number of aliphatic hydroxyl groups excluding tert-OH is 6. The second-order valence-electron chi connectivity index (χ2n) is 10.4. The van der Waals surface area contributed by atoms with Gasteiger partial charge in [0, 0.05) is 12.1 Å². The van der Waals surface area contributed by atoms with Crippen LogP contribution in [0.2, 0.25) is 0 Å². The van der Waals surface area contributed by atoms with Gasteiger partial charge in [0.1, 0.15) is 48.0 Å². The number of phenolic OH excluding ortho intramolecular Hbond substituents is 3. The lowest BCUT2D eigenvalue weighted by atomic mass is 9.97. The van der Waals surface area contributed by atoms with E-state index in [9.17, 15) is 50.8 Å². The molecule has 5 rings (SSSR count). The summed E-state index contributed by atoms with van der Waals surface area (Å²) in [6.07, 6.45) is -15.9. The molecule has 10 unspecified atom stereocenters. The summed E-state index contributed by atoms with van der Waals surface area (Å²) in [5.41, 5.74) is -0.845. The highest BCUT2D eigenvalue weighted by Crippen LogP contribution is 2.43. The highest BCUT2D eigenvalue weighted by Gasteiger charge is 2.51. The number of methoxy groups -OCH3 is 1. The van der Waals surface area contributed by atoms with Crippen LogP contribution < -0.4 is 14.9 Å². The van der Waals surface area contributed by atoms with Gasteiger partial charge in [0.25, 0.3) is 0 Å². The molecule has 240 valence electrons. The average molecular weight is 625 g/mol. The molecule has 2 aromatic carbocycles. The van der Waals surface area contributed by atoms with Crippen molar-refractivity contribution >= 4 is 11.0 Å². The summed E-state index contributed by atoms with van der Waals surface area (Å²) in [5, 5.41) is 92.8. The number of rotatable bonds is 7. The van der Waals surface area contributed by atoms with Gasteiger partial charge in [-0.05, 0) is 25.1 Å². The van der Waals surface area contributed by atoms with Crippen LogP contribution in [0.1, 0.15) is 6.92 Å². The molecule has 9 N–H and O–H groups in total. The monoisotopic (exact) mass is 624 g/mol. The fraction of sp³-hybridized carbons (Fsp3) is 0.464. The van der Waals surface area contributed by atoms with Crippen LogP contribution in [0, 0.1) is 0 Å². The Bertz CT molecular complexity index is 1560. The Balaban J connectivity index is 1.50. The number of phenols is 3. The van der Waals surface area contributed by atoms with Crippen molar-refractivity contribution in [2.45, 2.75) is 68.3 Å². The fourth-order valence-corrected chi connectivity index (χ4v) is 5.03. The van der Waals surface area contributed by atoms with Gasteiger partial charge in [0.2, 0.25) is 12.0 Å². The van der Waals surface area contributed by atoms with E-state index in [0.717, 1.165) is 18.2 Å². The zero-order valence-electron chi connectivity index (χ0n) is 23.3. The van der Waals surface area contributed by atoms with Gasteiger partial charge in [0.05, 0.1) is 30.8 Å². The Morgan fingerprint density at radius 3 is 2.23 bits per heavy atom. The van der Waals surface area contributed by atoms with E-state index in [1.54, 1.807) is 0 Å². The van der Waals surface area contributed by atoms with E-state index in [-0.39, 0.29) is 33.8 Å². The predicted octanol–water partition coefficient (Wildman–Crippen LogP) is -1.38. The Morgan fingerprint density at radius 2 is 1.55 bits per heavy atom. The highest BCUT2D eigenvalue weighted by atomic mass is 16.8. The minimum atomic E-state index is -1.82. The summed E-state index contributed by atoms with van der Waals surface area (Å²) in [7, 11) is 1.28. The maximum Gasteiger partial charge on any atom is 0.229 e. The molecule has 2 fully saturated rings. The van der Waals surface area contributed by atoms with E-state index in [2.05, 4.69) is 0 Å². The van der Waals surface area contributed by atoms with Gasteiger partial charge in [-0.15, -0.1) is 0 Å². The maximum atomic E-state index is 12.9. The minimum Gasteiger partial charge on any atom is -0.504 e. The van der Waals surface area contributed by atoms with Crippen LogP contribution in [0.15, 0.2) is 39.5 Å².